The Morgan fingerprint density at radius 1 is 1.19 bits per heavy atom. The van der Waals surface area contributed by atoms with E-state index in [1.54, 1.807) is 36.7 Å². The molecular weight excluding hydrogens is 408 g/mol. The predicted octanol–water partition coefficient (Wildman–Crippen LogP) is 2.60. The van der Waals surface area contributed by atoms with Gasteiger partial charge >= 0.3 is 0 Å². The fraction of sp³-hybridized carbons (Fsp3) is 0.250. The van der Waals surface area contributed by atoms with Gasteiger partial charge in [-0.1, -0.05) is 12.1 Å². The standard InChI is InChI=1S/C20H23F2N7O2/c1-12(23)17(29(24)15-5-3-14(4-6-15)20(21)22)10-31-19-8-7-18(26-27-19)28-9-16(13(2)30)25-11-28/h3-9,11,13,20,30H,10,23-24H2,1-2H3/b17-12-. The third-order valence-electron chi connectivity index (χ3n) is 4.45. The second-order valence-corrected chi connectivity index (χ2v) is 6.79. The van der Waals surface area contributed by atoms with Gasteiger partial charge in [0.1, 0.15) is 12.9 Å². The van der Waals surface area contributed by atoms with Crippen LogP contribution in [0.5, 0.6) is 5.88 Å². The molecule has 0 aliphatic carbocycles. The third kappa shape index (κ3) is 5.32. The van der Waals surface area contributed by atoms with Crippen LogP contribution in [0.15, 0.2) is 60.3 Å². The monoisotopic (exact) mass is 431 g/mol. The highest BCUT2D eigenvalue weighted by molar-refractivity contribution is 5.52. The molecule has 164 valence electrons. The summed E-state index contributed by atoms with van der Waals surface area (Å²) in [5.41, 5.74) is 7.66. The highest BCUT2D eigenvalue weighted by atomic mass is 19.3. The van der Waals surface area contributed by atoms with Crippen molar-refractivity contribution in [1.82, 2.24) is 19.7 Å². The molecule has 1 atom stereocenters. The van der Waals surface area contributed by atoms with Gasteiger partial charge in [0.15, 0.2) is 5.82 Å². The van der Waals surface area contributed by atoms with E-state index >= 15 is 0 Å². The lowest BCUT2D eigenvalue weighted by atomic mass is 10.2. The molecule has 0 saturated heterocycles. The number of allylic oxidation sites excluding steroid dienone is 1. The molecule has 1 aromatic carbocycles. The Morgan fingerprint density at radius 3 is 2.42 bits per heavy atom. The minimum absolute atomic E-state index is 0.0132. The summed E-state index contributed by atoms with van der Waals surface area (Å²) in [4.78, 5) is 4.09. The molecule has 0 aliphatic heterocycles. The topological polar surface area (TPSA) is 128 Å². The Morgan fingerprint density at radius 2 is 1.90 bits per heavy atom. The lowest BCUT2D eigenvalue weighted by molar-refractivity contribution is 0.151. The van der Waals surface area contributed by atoms with E-state index in [-0.39, 0.29) is 18.1 Å². The summed E-state index contributed by atoms with van der Waals surface area (Å²) in [7, 11) is 0. The number of hydrogen-bond acceptors (Lipinski definition) is 8. The number of alkyl halides is 2. The van der Waals surface area contributed by atoms with Crippen molar-refractivity contribution in [3.63, 3.8) is 0 Å². The zero-order valence-corrected chi connectivity index (χ0v) is 17.0. The van der Waals surface area contributed by atoms with Crippen LogP contribution in [0, 0.1) is 0 Å². The summed E-state index contributed by atoms with van der Waals surface area (Å²) in [5, 5.41) is 18.9. The van der Waals surface area contributed by atoms with Gasteiger partial charge in [-0.3, -0.25) is 9.58 Å². The number of ether oxygens (including phenoxy) is 1. The number of benzene rings is 1. The maximum atomic E-state index is 12.7. The largest absolute Gasteiger partial charge is 0.470 e. The summed E-state index contributed by atoms with van der Waals surface area (Å²) in [6.07, 6.45) is -0.0688. The summed E-state index contributed by atoms with van der Waals surface area (Å²) in [6.45, 7) is 3.26. The summed E-state index contributed by atoms with van der Waals surface area (Å²) < 4.78 is 32.8. The smallest absolute Gasteiger partial charge is 0.263 e. The van der Waals surface area contributed by atoms with E-state index in [2.05, 4.69) is 15.2 Å². The lowest BCUT2D eigenvalue weighted by Crippen LogP contribution is -2.35. The molecule has 0 saturated carbocycles. The van der Waals surface area contributed by atoms with E-state index < -0.39 is 12.5 Å². The van der Waals surface area contributed by atoms with Crippen molar-refractivity contribution in [2.45, 2.75) is 26.4 Å². The van der Waals surface area contributed by atoms with Crippen LogP contribution in [0.2, 0.25) is 0 Å². The van der Waals surface area contributed by atoms with Gasteiger partial charge in [0.05, 0.1) is 23.2 Å². The number of aromatic nitrogens is 4. The molecule has 3 rings (SSSR count). The number of aliphatic hydroxyl groups excluding tert-OH is 1. The van der Waals surface area contributed by atoms with Crippen molar-refractivity contribution in [3.8, 4) is 11.7 Å². The van der Waals surface area contributed by atoms with Crippen molar-refractivity contribution in [2.75, 3.05) is 11.6 Å². The molecule has 1 unspecified atom stereocenters. The van der Waals surface area contributed by atoms with Gasteiger partial charge in [-0.2, -0.15) is 0 Å². The highest BCUT2D eigenvalue weighted by Crippen LogP contribution is 2.23. The second-order valence-electron chi connectivity index (χ2n) is 6.79. The number of imidazole rings is 1. The number of nitrogens with zero attached hydrogens (tertiary/aromatic N) is 5. The predicted molar refractivity (Wildman–Crippen MR) is 110 cm³/mol. The Bertz CT molecular complexity index is 1030. The molecule has 0 bridgehead atoms. The number of halogens is 2. The number of nitrogens with two attached hydrogens (primary N) is 2. The van der Waals surface area contributed by atoms with Crippen molar-refractivity contribution >= 4 is 5.69 Å². The molecule has 5 N–H and O–H groups in total. The summed E-state index contributed by atoms with van der Waals surface area (Å²) >= 11 is 0. The van der Waals surface area contributed by atoms with E-state index in [0.717, 1.165) is 0 Å². The molecule has 0 spiro atoms. The summed E-state index contributed by atoms with van der Waals surface area (Å²) in [5.74, 6) is 6.85. The van der Waals surface area contributed by atoms with Gasteiger partial charge in [0.25, 0.3) is 6.43 Å². The molecule has 0 amide bonds. The van der Waals surface area contributed by atoms with Gasteiger partial charge < -0.3 is 15.6 Å². The SMILES string of the molecule is C/C(N)=C(\COc1ccc(-n2cnc(C(C)O)c2)nn1)N(N)c1ccc(C(F)F)cc1. The minimum atomic E-state index is -2.56. The van der Waals surface area contributed by atoms with Crippen molar-refractivity contribution in [1.29, 1.82) is 0 Å². The molecule has 0 radical (unpaired) electrons. The van der Waals surface area contributed by atoms with Crippen LogP contribution in [0.1, 0.15) is 37.6 Å². The third-order valence-corrected chi connectivity index (χ3v) is 4.45. The molecule has 0 aliphatic rings. The maximum absolute atomic E-state index is 12.7. The van der Waals surface area contributed by atoms with Crippen molar-refractivity contribution in [3.05, 3.63) is 71.6 Å². The lowest BCUT2D eigenvalue weighted by Gasteiger charge is -2.23. The number of aliphatic hydroxyl groups is 1. The van der Waals surface area contributed by atoms with Crippen LogP contribution in [0.4, 0.5) is 14.5 Å². The molecule has 2 aromatic heterocycles. The Balaban J connectivity index is 1.68. The molecule has 0 fully saturated rings. The Kier molecular flexibility index (Phi) is 6.78. The van der Waals surface area contributed by atoms with Gasteiger partial charge in [0, 0.05) is 23.5 Å². The number of hydrazine groups is 1. The molecular formula is C20H23F2N7O2. The van der Waals surface area contributed by atoms with Crippen LogP contribution in [0.25, 0.3) is 5.82 Å². The Labute approximate surface area is 177 Å². The first-order valence-corrected chi connectivity index (χ1v) is 9.33. The molecule has 2 heterocycles. The molecule has 11 heteroatoms. The fourth-order valence-electron chi connectivity index (χ4n) is 2.66. The number of rotatable bonds is 8. The second kappa shape index (κ2) is 9.49. The maximum Gasteiger partial charge on any atom is 0.263 e. The first-order chi connectivity index (χ1) is 14.8. The van der Waals surface area contributed by atoms with E-state index in [9.17, 15) is 13.9 Å². The zero-order chi connectivity index (χ0) is 22.5. The van der Waals surface area contributed by atoms with Crippen molar-refractivity contribution in [2.24, 2.45) is 11.6 Å². The molecule has 9 nitrogen and oxygen atoms in total. The van der Waals surface area contributed by atoms with E-state index in [1.807, 2.05) is 0 Å². The first-order valence-electron chi connectivity index (χ1n) is 9.33. The van der Waals surface area contributed by atoms with Crippen LogP contribution >= 0.6 is 0 Å². The van der Waals surface area contributed by atoms with Gasteiger partial charge in [0.2, 0.25) is 5.88 Å². The normalized spacial score (nSPS) is 13.1. The number of anilines is 1. The van der Waals surface area contributed by atoms with Gasteiger partial charge in [-0.25, -0.2) is 19.6 Å². The van der Waals surface area contributed by atoms with Gasteiger partial charge in [-0.15, -0.1) is 10.2 Å². The zero-order valence-electron chi connectivity index (χ0n) is 17.0. The quantitative estimate of drug-likeness (QED) is 0.367. The van der Waals surface area contributed by atoms with Crippen LogP contribution in [0.3, 0.4) is 0 Å². The first kappa shape index (κ1) is 22.1. The average molecular weight is 431 g/mol. The molecule has 3 aromatic rings. The van der Waals surface area contributed by atoms with Gasteiger partial charge in [-0.05, 0) is 32.0 Å². The van der Waals surface area contributed by atoms with Crippen LogP contribution < -0.4 is 21.3 Å². The summed E-state index contributed by atoms with van der Waals surface area (Å²) in [6, 6.07) is 8.85. The highest BCUT2D eigenvalue weighted by Gasteiger charge is 2.14. The van der Waals surface area contributed by atoms with E-state index in [1.165, 1.54) is 35.6 Å². The van der Waals surface area contributed by atoms with E-state index in [4.69, 9.17) is 16.3 Å². The van der Waals surface area contributed by atoms with E-state index in [0.29, 0.717) is 28.6 Å². The molecule has 31 heavy (non-hydrogen) atoms. The van der Waals surface area contributed by atoms with Crippen molar-refractivity contribution < 1.29 is 18.6 Å². The van der Waals surface area contributed by atoms with Crippen LogP contribution in [-0.4, -0.2) is 31.5 Å². The minimum Gasteiger partial charge on any atom is -0.470 e. The fourth-order valence-corrected chi connectivity index (χ4v) is 2.66. The average Bonchev–Trinajstić information content (AvgIpc) is 3.25. The number of hydrogen-bond donors (Lipinski definition) is 3. The van der Waals surface area contributed by atoms with Crippen LogP contribution in [-0.2, 0) is 0 Å². The Hall–Kier alpha value is -3.57.